The van der Waals surface area contributed by atoms with Crippen LogP contribution in [0.2, 0.25) is 0 Å². The smallest absolute Gasteiger partial charge is 0.266 e. The van der Waals surface area contributed by atoms with Crippen LogP contribution in [0.5, 0.6) is 17.2 Å². The summed E-state index contributed by atoms with van der Waals surface area (Å²) < 4.78 is 17.5. The Morgan fingerprint density at radius 3 is 2.55 bits per heavy atom. The van der Waals surface area contributed by atoms with Crippen molar-refractivity contribution in [2.24, 2.45) is 0 Å². The summed E-state index contributed by atoms with van der Waals surface area (Å²) in [7, 11) is 7.26. The van der Waals surface area contributed by atoms with Gasteiger partial charge in [0.25, 0.3) is 5.91 Å². The summed E-state index contributed by atoms with van der Waals surface area (Å²) in [5.74, 6) is 1.83. The molecule has 1 heterocycles. The molecule has 3 aromatic rings. The van der Waals surface area contributed by atoms with Crippen molar-refractivity contribution in [3.05, 3.63) is 42.0 Å². The predicted octanol–water partition coefficient (Wildman–Crippen LogP) is 3.99. The minimum atomic E-state index is -0.141. The Kier molecular flexibility index (Phi) is 7.70. The van der Waals surface area contributed by atoms with E-state index in [2.05, 4.69) is 4.90 Å². The zero-order valence-electron chi connectivity index (χ0n) is 18.7. The monoisotopic (exact) mass is 443 g/mol. The molecule has 2 aromatic carbocycles. The van der Waals surface area contributed by atoms with Crippen molar-refractivity contribution in [1.82, 2.24) is 9.88 Å². The van der Waals surface area contributed by atoms with Gasteiger partial charge in [-0.3, -0.25) is 9.69 Å². The highest BCUT2D eigenvalue weighted by molar-refractivity contribution is 7.22. The standard InChI is InChI=1S/C23H29N3O4S/c1-16-10-11-19(29-5)21-22(16)31-23(24-21)26(13-7-12-25(2)3)20(27)15-30-18-9-6-8-17(14-18)28-4/h6,8-11,14H,7,12-13,15H2,1-5H3. The Morgan fingerprint density at radius 2 is 1.84 bits per heavy atom. The lowest BCUT2D eigenvalue weighted by Gasteiger charge is -2.21. The zero-order chi connectivity index (χ0) is 22.4. The number of nitrogens with zero attached hydrogens (tertiary/aromatic N) is 3. The van der Waals surface area contributed by atoms with Gasteiger partial charge >= 0.3 is 0 Å². The number of benzene rings is 2. The quantitative estimate of drug-likeness (QED) is 0.472. The van der Waals surface area contributed by atoms with E-state index in [4.69, 9.17) is 19.2 Å². The molecular weight excluding hydrogens is 414 g/mol. The molecule has 1 aromatic heterocycles. The number of fused-ring (bicyclic) bond motifs is 1. The van der Waals surface area contributed by atoms with Gasteiger partial charge < -0.3 is 19.1 Å². The van der Waals surface area contributed by atoms with Crippen LogP contribution in [0.4, 0.5) is 5.13 Å². The fraction of sp³-hybridized carbons (Fsp3) is 0.391. The lowest BCUT2D eigenvalue weighted by Crippen LogP contribution is -2.36. The molecular formula is C23H29N3O4S. The van der Waals surface area contributed by atoms with Crippen molar-refractivity contribution < 1.29 is 19.0 Å². The first-order valence-electron chi connectivity index (χ1n) is 10.1. The maximum atomic E-state index is 13.2. The molecule has 0 aliphatic rings. The van der Waals surface area contributed by atoms with Gasteiger partial charge in [-0.15, -0.1) is 0 Å². The van der Waals surface area contributed by atoms with Gasteiger partial charge in [-0.1, -0.05) is 23.5 Å². The molecule has 7 nitrogen and oxygen atoms in total. The molecule has 0 radical (unpaired) electrons. The Morgan fingerprint density at radius 1 is 1.06 bits per heavy atom. The number of carbonyl (C=O) groups excluding carboxylic acids is 1. The largest absolute Gasteiger partial charge is 0.497 e. The van der Waals surface area contributed by atoms with E-state index in [1.165, 1.54) is 11.3 Å². The van der Waals surface area contributed by atoms with Crippen LogP contribution in [0.15, 0.2) is 36.4 Å². The highest BCUT2D eigenvalue weighted by Crippen LogP contribution is 2.36. The summed E-state index contributed by atoms with van der Waals surface area (Å²) in [6.07, 6.45) is 0.823. The summed E-state index contributed by atoms with van der Waals surface area (Å²) in [6, 6.07) is 11.1. The summed E-state index contributed by atoms with van der Waals surface area (Å²) >= 11 is 1.50. The van der Waals surface area contributed by atoms with Gasteiger partial charge in [0.2, 0.25) is 0 Å². The molecule has 0 spiro atoms. The number of carbonyl (C=O) groups is 1. The van der Waals surface area contributed by atoms with E-state index in [9.17, 15) is 4.79 Å². The van der Waals surface area contributed by atoms with E-state index in [0.717, 1.165) is 28.7 Å². The second kappa shape index (κ2) is 10.5. The number of aromatic nitrogens is 1. The number of thiazole rings is 1. The third-order valence-corrected chi connectivity index (χ3v) is 6.05. The van der Waals surface area contributed by atoms with Gasteiger partial charge in [0.1, 0.15) is 22.8 Å². The number of anilines is 1. The lowest BCUT2D eigenvalue weighted by molar-refractivity contribution is -0.120. The van der Waals surface area contributed by atoms with E-state index in [1.807, 2.05) is 45.3 Å². The average molecular weight is 444 g/mol. The Balaban J connectivity index is 1.84. The van der Waals surface area contributed by atoms with Gasteiger partial charge in [0.15, 0.2) is 11.7 Å². The number of hydrogen-bond acceptors (Lipinski definition) is 7. The fourth-order valence-electron chi connectivity index (χ4n) is 3.16. The van der Waals surface area contributed by atoms with Crippen molar-refractivity contribution in [2.75, 3.05) is 52.9 Å². The molecule has 0 saturated heterocycles. The van der Waals surface area contributed by atoms with Gasteiger partial charge in [-0.05, 0) is 57.7 Å². The first-order valence-corrected chi connectivity index (χ1v) is 10.9. The summed E-state index contributed by atoms with van der Waals surface area (Å²) in [4.78, 5) is 21.7. The highest BCUT2D eigenvalue weighted by atomic mass is 32.1. The van der Waals surface area contributed by atoms with Crippen LogP contribution in [-0.2, 0) is 4.79 Å². The molecule has 0 N–H and O–H groups in total. The molecule has 0 aliphatic heterocycles. The minimum Gasteiger partial charge on any atom is -0.497 e. The molecule has 31 heavy (non-hydrogen) atoms. The molecule has 8 heteroatoms. The van der Waals surface area contributed by atoms with Gasteiger partial charge in [0, 0.05) is 12.6 Å². The number of methoxy groups -OCH3 is 2. The SMILES string of the molecule is COc1cccc(OCC(=O)N(CCCN(C)C)c2nc3c(OC)ccc(C)c3s2)c1. The Hall–Kier alpha value is -2.84. The van der Waals surface area contributed by atoms with Crippen LogP contribution in [0, 0.1) is 6.92 Å². The second-order valence-corrected chi connectivity index (χ2v) is 8.41. The van der Waals surface area contributed by atoms with Crippen molar-refractivity contribution in [2.45, 2.75) is 13.3 Å². The van der Waals surface area contributed by atoms with Gasteiger partial charge in [0.05, 0.1) is 18.9 Å². The number of ether oxygens (including phenoxy) is 3. The Bertz CT molecular complexity index is 1030. The molecule has 0 aliphatic carbocycles. The Labute approximate surface area is 187 Å². The molecule has 0 unspecified atom stereocenters. The van der Waals surface area contributed by atoms with Gasteiger partial charge in [-0.25, -0.2) is 4.98 Å². The zero-order valence-corrected chi connectivity index (χ0v) is 19.5. The number of rotatable bonds is 10. The topological polar surface area (TPSA) is 64.1 Å². The average Bonchev–Trinajstić information content (AvgIpc) is 3.21. The van der Waals surface area contributed by atoms with Crippen LogP contribution >= 0.6 is 11.3 Å². The second-order valence-electron chi connectivity index (χ2n) is 7.43. The number of aryl methyl sites for hydroxylation is 1. The van der Waals surface area contributed by atoms with Crippen molar-refractivity contribution >= 4 is 32.6 Å². The van der Waals surface area contributed by atoms with Crippen LogP contribution in [0.25, 0.3) is 10.2 Å². The van der Waals surface area contributed by atoms with E-state index < -0.39 is 0 Å². The summed E-state index contributed by atoms with van der Waals surface area (Å²) in [6.45, 7) is 3.38. The lowest BCUT2D eigenvalue weighted by atomic mass is 10.2. The van der Waals surface area contributed by atoms with Gasteiger partial charge in [-0.2, -0.15) is 0 Å². The van der Waals surface area contributed by atoms with Crippen LogP contribution in [0.1, 0.15) is 12.0 Å². The van der Waals surface area contributed by atoms with Crippen LogP contribution < -0.4 is 19.1 Å². The molecule has 0 fully saturated rings. The molecule has 0 bridgehead atoms. The van der Waals surface area contributed by atoms with E-state index in [0.29, 0.717) is 28.9 Å². The highest BCUT2D eigenvalue weighted by Gasteiger charge is 2.22. The third kappa shape index (κ3) is 5.65. The normalized spacial score (nSPS) is 11.0. The molecule has 3 rings (SSSR count). The molecule has 166 valence electrons. The van der Waals surface area contributed by atoms with E-state index in [-0.39, 0.29) is 12.5 Å². The minimum absolute atomic E-state index is 0.0822. The predicted molar refractivity (Wildman–Crippen MR) is 125 cm³/mol. The number of amides is 1. The molecule has 1 amide bonds. The molecule has 0 atom stereocenters. The van der Waals surface area contributed by atoms with E-state index >= 15 is 0 Å². The van der Waals surface area contributed by atoms with Crippen molar-refractivity contribution in [3.63, 3.8) is 0 Å². The van der Waals surface area contributed by atoms with Crippen LogP contribution in [-0.4, -0.2) is 63.8 Å². The summed E-state index contributed by atoms with van der Waals surface area (Å²) in [5.41, 5.74) is 1.88. The maximum absolute atomic E-state index is 13.2. The number of hydrogen-bond donors (Lipinski definition) is 0. The first kappa shape index (κ1) is 22.8. The third-order valence-electron chi connectivity index (χ3n) is 4.83. The van der Waals surface area contributed by atoms with Crippen molar-refractivity contribution in [3.8, 4) is 17.2 Å². The first-order chi connectivity index (χ1) is 14.9. The maximum Gasteiger partial charge on any atom is 0.266 e. The summed E-state index contributed by atoms with van der Waals surface area (Å²) in [5, 5.41) is 0.653. The van der Waals surface area contributed by atoms with Crippen LogP contribution in [0.3, 0.4) is 0 Å². The van der Waals surface area contributed by atoms with Crippen molar-refractivity contribution in [1.29, 1.82) is 0 Å². The molecule has 0 saturated carbocycles. The fourth-order valence-corrected chi connectivity index (χ4v) is 4.26. The van der Waals surface area contributed by atoms with E-state index in [1.54, 1.807) is 31.3 Å².